The standard InChI is InChI=1S/C24H26N8O4/c1-13(33)17-11-15(12-18(35-2)20(17)36-3)19(29-16-7-5-14(6-8-16)21(25)26)22-30-24(34)32(31-22)23-27-9-4-10-28-23/h4-13,19,29,33H,1-3H3,(H3,25,26)(H,30,31,34). The van der Waals surface area contributed by atoms with Gasteiger partial charge >= 0.3 is 5.69 Å². The Morgan fingerprint density at radius 3 is 2.44 bits per heavy atom. The number of methoxy groups -OCH3 is 2. The van der Waals surface area contributed by atoms with E-state index in [0.717, 1.165) is 4.68 Å². The zero-order valence-corrected chi connectivity index (χ0v) is 19.9. The number of hydrogen-bond acceptors (Lipinski definition) is 9. The van der Waals surface area contributed by atoms with Crippen LogP contribution in [0.2, 0.25) is 0 Å². The Hall–Kier alpha value is -4.71. The maximum Gasteiger partial charge on any atom is 0.350 e. The van der Waals surface area contributed by atoms with Crippen LogP contribution in [-0.4, -0.2) is 49.9 Å². The van der Waals surface area contributed by atoms with Crippen molar-refractivity contribution in [3.63, 3.8) is 0 Å². The Kier molecular flexibility index (Phi) is 6.97. The van der Waals surface area contributed by atoms with Crippen molar-refractivity contribution >= 4 is 11.5 Å². The molecule has 0 bridgehead atoms. The summed E-state index contributed by atoms with van der Waals surface area (Å²) in [6, 6.07) is 11.4. The molecule has 2 atom stereocenters. The Morgan fingerprint density at radius 1 is 1.17 bits per heavy atom. The van der Waals surface area contributed by atoms with E-state index in [0.29, 0.717) is 33.9 Å². The second kappa shape index (κ2) is 10.3. The number of nitrogens with two attached hydrogens (primary N) is 1. The minimum absolute atomic E-state index is 0.0505. The van der Waals surface area contributed by atoms with Gasteiger partial charge in [0.1, 0.15) is 11.9 Å². The Balaban J connectivity index is 1.86. The number of nitrogens with one attached hydrogen (secondary N) is 3. The van der Waals surface area contributed by atoms with E-state index in [9.17, 15) is 9.90 Å². The lowest BCUT2D eigenvalue weighted by molar-refractivity contribution is 0.192. The molecule has 0 saturated heterocycles. The lowest BCUT2D eigenvalue weighted by atomic mass is 9.98. The van der Waals surface area contributed by atoms with Crippen molar-refractivity contribution in [2.45, 2.75) is 19.1 Å². The van der Waals surface area contributed by atoms with E-state index in [4.69, 9.17) is 20.6 Å². The highest BCUT2D eigenvalue weighted by molar-refractivity contribution is 5.95. The third-order valence-corrected chi connectivity index (χ3v) is 5.47. The van der Waals surface area contributed by atoms with Crippen LogP contribution in [0.4, 0.5) is 5.69 Å². The fourth-order valence-electron chi connectivity index (χ4n) is 3.72. The van der Waals surface area contributed by atoms with Gasteiger partial charge < -0.3 is 25.6 Å². The first-order valence-electron chi connectivity index (χ1n) is 10.9. The van der Waals surface area contributed by atoms with Crippen molar-refractivity contribution in [2.75, 3.05) is 19.5 Å². The molecule has 0 saturated carbocycles. The summed E-state index contributed by atoms with van der Waals surface area (Å²) in [6.45, 7) is 1.62. The number of amidine groups is 1. The van der Waals surface area contributed by atoms with Crippen LogP contribution in [-0.2, 0) is 0 Å². The molecular formula is C24H26N8O4. The molecule has 2 aromatic carbocycles. The van der Waals surface area contributed by atoms with E-state index >= 15 is 0 Å². The molecule has 0 radical (unpaired) electrons. The molecule has 2 heterocycles. The highest BCUT2D eigenvalue weighted by atomic mass is 16.5. The van der Waals surface area contributed by atoms with Crippen LogP contribution in [0.3, 0.4) is 0 Å². The third-order valence-electron chi connectivity index (χ3n) is 5.47. The smallest absolute Gasteiger partial charge is 0.350 e. The van der Waals surface area contributed by atoms with Crippen LogP contribution in [0.1, 0.15) is 41.6 Å². The summed E-state index contributed by atoms with van der Waals surface area (Å²) in [5.74, 6) is 1.14. The largest absolute Gasteiger partial charge is 0.493 e. The van der Waals surface area contributed by atoms with Gasteiger partial charge in [0.05, 0.1) is 20.3 Å². The Labute approximate surface area is 206 Å². The molecule has 4 rings (SSSR count). The number of ether oxygens (including phenoxy) is 2. The first-order chi connectivity index (χ1) is 17.3. The van der Waals surface area contributed by atoms with Crippen molar-refractivity contribution in [3.8, 4) is 17.4 Å². The van der Waals surface area contributed by atoms with Crippen LogP contribution in [0.15, 0.2) is 59.7 Å². The molecule has 0 fully saturated rings. The summed E-state index contributed by atoms with van der Waals surface area (Å²) in [6.07, 6.45) is 2.16. The molecule has 12 heteroatoms. The van der Waals surface area contributed by atoms with Gasteiger partial charge in [0.2, 0.25) is 0 Å². The molecule has 2 aromatic heterocycles. The van der Waals surface area contributed by atoms with E-state index in [1.165, 1.54) is 26.6 Å². The van der Waals surface area contributed by atoms with Crippen LogP contribution < -0.4 is 26.2 Å². The zero-order chi connectivity index (χ0) is 25.8. The van der Waals surface area contributed by atoms with Gasteiger partial charge in [0.15, 0.2) is 17.3 Å². The predicted molar refractivity (Wildman–Crippen MR) is 133 cm³/mol. The fraction of sp³-hybridized carbons (Fsp3) is 0.208. The zero-order valence-electron chi connectivity index (χ0n) is 19.9. The summed E-state index contributed by atoms with van der Waals surface area (Å²) in [5, 5.41) is 25.8. The fourth-order valence-corrected chi connectivity index (χ4v) is 3.72. The van der Waals surface area contributed by atoms with Crippen molar-refractivity contribution in [1.82, 2.24) is 24.7 Å². The van der Waals surface area contributed by atoms with E-state index in [2.05, 4.69) is 25.4 Å². The minimum Gasteiger partial charge on any atom is -0.493 e. The number of hydrogen-bond donors (Lipinski definition) is 5. The molecule has 4 aromatic rings. The minimum atomic E-state index is -0.862. The number of aromatic nitrogens is 5. The molecule has 2 unspecified atom stereocenters. The number of benzene rings is 2. The molecule has 6 N–H and O–H groups in total. The number of aliphatic hydroxyl groups is 1. The molecule has 0 spiro atoms. The van der Waals surface area contributed by atoms with E-state index in [-0.39, 0.29) is 17.6 Å². The number of nitrogen functional groups attached to an aromatic ring is 1. The molecule has 186 valence electrons. The second-order valence-electron chi connectivity index (χ2n) is 7.87. The number of rotatable bonds is 9. The van der Waals surface area contributed by atoms with Gasteiger partial charge in [0, 0.05) is 29.2 Å². The van der Waals surface area contributed by atoms with Crippen molar-refractivity contribution in [1.29, 1.82) is 5.41 Å². The quantitative estimate of drug-likeness (QED) is 0.173. The maximum absolute atomic E-state index is 12.8. The lowest BCUT2D eigenvalue weighted by Gasteiger charge is -2.22. The molecule has 12 nitrogen and oxygen atoms in total. The topological polar surface area (TPSA) is 177 Å². The Morgan fingerprint density at radius 2 is 1.86 bits per heavy atom. The summed E-state index contributed by atoms with van der Waals surface area (Å²) in [4.78, 5) is 23.7. The number of aliphatic hydroxyl groups excluding tert-OH is 1. The normalized spacial score (nSPS) is 12.6. The van der Waals surface area contributed by atoms with Crippen LogP contribution >= 0.6 is 0 Å². The average molecular weight is 491 g/mol. The predicted octanol–water partition coefficient (Wildman–Crippen LogP) is 1.91. The van der Waals surface area contributed by atoms with Crippen LogP contribution in [0, 0.1) is 5.41 Å². The van der Waals surface area contributed by atoms with E-state index < -0.39 is 17.8 Å². The third kappa shape index (κ3) is 4.88. The second-order valence-corrected chi connectivity index (χ2v) is 7.87. The first kappa shape index (κ1) is 24.4. The lowest BCUT2D eigenvalue weighted by Crippen LogP contribution is -2.18. The van der Waals surface area contributed by atoms with E-state index in [1.807, 2.05) is 0 Å². The maximum atomic E-state index is 12.8. The van der Waals surface area contributed by atoms with Gasteiger partial charge in [-0.05, 0) is 55.0 Å². The van der Waals surface area contributed by atoms with Gasteiger partial charge in [-0.1, -0.05) is 0 Å². The van der Waals surface area contributed by atoms with Crippen molar-refractivity contribution in [3.05, 3.63) is 87.9 Å². The molecule has 0 aliphatic heterocycles. The van der Waals surface area contributed by atoms with Crippen LogP contribution in [0.5, 0.6) is 11.5 Å². The SMILES string of the molecule is COc1cc(C(Nc2ccc(C(=N)N)cc2)c2nn(-c3ncccn3)c(=O)[nH]2)cc(C(C)O)c1OC. The summed E-state index contributed by atoms with van der Waals surface area (Å²) in [5.41, 5.74) is 7.42. The number of nitrogens with zero attached hydrogens (tertiary/aromatic N) is 4. The van der Waals surface area contributed by atoms with Gasteiger partial charge in [0.25, 0.3) is 5.95 Å². The van der Waals surface area contributed by atoms with Gasteiger partial charge in [-0.25, -0.2) is 14.8 Å². The molecule has 0 amide bonds. The van der Waals surface area contributed by atoms with Gasteiger partial charge in [-0.15, -0.1) is 9.78 Å². The number of H-pyrrole nitrogens is 1. The molecule has 0 aliphatic rings. The van der Waals surface area contributed by atoms with Gasteiger partial charge in [-0.2, -0.15) is 0 Å². The number of anilines is 1. The first-order valence-corrected chi connectivity index (χ1v) is 10.9. The van der Waals surface area contributed by atoms with Crippen molar-refractivity contribution in [2.24, 2.45) is 5.73 Å². The Bertz CT molecular complexity index is 1410. The molecule has 36 heavy (non-hydrogen) atoms. The van der Waals surface area contributed by atoms with E-state index in [1.54, 1.807) is 49.4 Å². The summed E-state index contributed by atoms with van der Waals surface area (Å²) < 4.78 is 12.1. The van der Waals surface area contributed by atoms with Crippen molar-refractivity contribution < 1.29 is 14.6 Å². The highest BCUT2D eigenvalue weighted by Gasteiger charge is 2.25. The monoisotopic (exact) mass is 490 g/mol. The summed E-state index contributed by atoms with van der Waals surface area (Å²) >= 11 is 0. The van der Waals surface area contributed by atoms with Gasteiger partial charge in [-0.3, -0.25) is 10.4 Å². The summed E-state index contributed by atoms with van der Waals surface area (Å²) in [7, 11) is 2.99. The van der Waals surface area contributed by atoms with Crippen LogP contribution in [0.25, 0.3) is 5.95 Å². The molecule has 0 aliphatic carbocycles. The average Bonchev–Trinajstić information content (AvgIpc) is 3.28. The molecular weight excluding hydrogens is 464 g/mol. The highest BCUT2D eigenvalue weighted by Crippen LogP contribution is 2.39. The number of aromatic amines is 1.